The molecule has 2 unspecified atom stereocenters. The van der Waals surface area contributed by atoms with Crippen molar-refractivity contribution in [2.45, 2.75) is 31.5 Å². The second-order valence-corrected chi connectivity index (χ2v) is 10.7. The molecule has 5 aromatic rings. The second kappa shape index (κ2) is 10.2. The molecule has 1 N–H and O–H groups in total. The number of hydrogen-bond acceptors (Lipinski definition) is 4. The van der Waals surface area contributed by atoms with Gasteiger partial charge in [0.2, 0.25) is 0 Å². The number of fused-ring (bicyclic) bond motifs is 6. The number of rotatable bonds is 6. The monoisotopic (exact) mass is 552 g/mol. The van der Waals surface area contributed by atoms with Crippen molar-refractivity contribution in [1.29, 1.82) is 0 Å². The van der Waals surface area contributed by atoms with E-state index in [0.29, 0.717) is 18.1 Å². The zero-order valence-corrected chi connectivity index (χ0v) is 22.9. The Kier molecular flexibility index (Phi) is 6.39. The van der Waals surface area contributed by atoms with Crippen LogP contribution in [-0.4, -0.2) is 30.6 Å². The van der Waals surface area contributed by atoms with Crippen LogP contribution in [0.5, 0.6) is 17.2 Å². The smallest absolute Gasteiger partial charge is 0.161 e. The van der Waals surface area contributed by atoms with Crippen molar-refractivity contribution < 1.29 is 23.0 Å². The fourth-order valence-corrected chi connectivity index (χ4v) is 6.47. The van der Waals surface area contributed by atoms with Crippen LogP contribution in [0.4, 0.5) is 8.78 Å². The SMILES string of the molecule is COc1ccc2[nH]c3c(c2c1)CC1c2cc(OC)c(OCc4ccc(F)cc4)cc2CCN1C3c1ccc(F)cc1. The van der Waals surface area contributed by atoms with Crippen LogP contribution in [0.2, 0.25) is 0 Å². The maximum absolute atomic E-state index is 14.0. The molecular weight excluding hydrogens is 522 g/mol. The maximum atomic E-state index is 14.0. The largest absolute Gasteiger partial charge is 0.497 e. The molecule has 2 aliphatic rings. The van der Waals surface area contributed by atoms with Crippen molar-refractivity contribution in [1.82, 2.24) is 9.88 Å². The van der Waals surface area contributed by atoms with E-state index in [2.05, 4.69) is 34.1 Å². The Morgan fingerprint density at radius 2 is 1.61 bits per heavy atom. The Labute approximate surface area is 237 Å². The van der Waals surface area contributed by atoms with Crippen molar-refractivity contribution in [2.75, 3.05) is 20.8 Å². The number of methoxy groups -OCH3 is 2. The topological polar surface area (TPSA) is 46.7 Å². The molecule has 2 atom stereocenters. The predicted octanol–water partition coefficient (Wildman–Crippen LogP) is 7.29. The average molecular weight is 553 g/mol. The third-order valence-corrected chi connectivity index (χ3v) is 8.47. The summed E-state index contributed by atoms with van der Waals surface area (Å²) in [5, 5.41) is 1.14. The van der Waals surface area contributed by atoms with Gasteiger partial charge < -0.3 is 19.2 Å². The van der Waals surface area contributed by atoms with Gasteiger partial charge >= 0.3 is 0 Å². The van der Waals surface area contributed by atoms with Crippen molar-refractivity contribution in [3.63, 3.8) is 0 Å². The molecule has 0 amide bonds. The van der Waals surface area contributed by atoms with E-state index in [1.165, 1.54) is 41.0 Å². The number of aromatic amines is 1. The average Bonchev–Trinajstić information content (AvgIpc) is 3.37. The Bertz CT molecular complexity index is 1730. The summed E-state index contributed by atoms with van der Waals surface area (Å²) in [6, 6.07) is 23.5. The lowest BCUT2D eigenvalue weighted by molar-refractivity contribution is 0.127. The van der Waals surface area contributed by atoms with Gasteiger partial charge in [-0.1, -0.05) is 24.3 Å². The molecular formula is C34H30F2N2O3. The summed E-state index contributed by atoms with van der Waals surface area (Å²) in [5.74, 6) is 1.64. The number of hydrogen-bond donors (Lipinski definition) is 1. The Balaban J connectivity index is 1.31. The van der Waals surface area contributed by atoms with Crippen LogP contribution in [0.25, 0.3) is 10.9 Å². The number of halogens is 2. The van der Waals surface area contributed by atoms with Gasteiger partial charge in [-0.15, -0.1) is 0 Å². The first kappa shape index (κ1) is 25.6. The van der Waals surface area contributed by atoms with Gasteiger partial charge in [0.25, 0.3) is 0 Å². The molecule has 0 aliphatic carbocycles. The van der Waals surface area contributed by atoms with E-state index < -0.39 is 0 Å². The highest BCUT2D eigenvalue weighted by atomic mass is 19.1. The number of ether oxygens (including phenoxy) is 3. The minimum atomic E-state index is -0.270. The number of aromatic nitrogens is 1. The van der Waals surface area contributed by atoms with Gasteiger partial charge in [-0.3, -0.25) is 4.90 Å². The predicted molar refractivity (Wildman–Crippen MR) is 154 cm³/mol. The van der Waals surface area contributed by atoms with E-state index in [-0.39, 0.29) is 23.7 Å². The molecule has 0 saturated carbocycles. The van der Waals surface area contributed by atoms with E-state index in [0.717, 1.165) is 52.9 Å². The molecule has 1 aromatic heterocycles. The lowest BCUT2D eigenvalue weighted by Gasteiger charge is -2.46. The summed E-state index contributed by atoms with van der Waals surface area (Å²) in [4.78, 5) is 6.21. The van der Waals surface area contributed by atoms with Crippen LogP contribution in [0.1, 0.15) is 45.6 Å². The molecule has 0 radical (unpaired) electrons. The molecule has 0 saturated heterocycles. The van der Waals surface area contributed by atoms with Gasteiger partial charge in [-0.25, -0.2) is 8.78 Å². The first-order valence-corrected chi connectivity index (χ1v) is 13.8. The van der Waals surface area contributed by atoms with Crippen molar-refractivity contribution in [2.24, 2.45) is 0 Å². The minimum Gasteiger partial charge on any atom is -0.497 e. The van der Waals surface area contributed by atoms with Gasteiger partial charge in [0.1, 0.15) is 24.0 Å². The molecule has 7 heteroatoms. The lowest BCUT2D eigenvalue weighted by Crippen LogP contribution is -2.43. The Morgan fingerprint density at radius 3 is 2.34 bits per heavy atom. The zero-order valence-electron chi connectivity index (χ0n) is 22.9. The number of nitrogens with one attached hydrogen (secondary N) is 1. The highest BCUT2D eigenvalue weighted by molar-refractivity contribution is 5.87. The first-order valence-electron chi connectivity index (χ1n) is 13.8. The van der Waals surface area contributed by atoms with Crippen LogP contribution >= 0.6 is 0 Å². The molecule has 208 valence electrons. The van der Waals surface area contributed by atoms with Crippen molar-refractivity contribution >= 4 is 10.9 Å². The molecule has 0 bridgehead atoms. The zero-order chi connectivity index (χ0) is 28.1. The molecule has 7 rings (SSSR count). The Hall–Kier alpha value is -4.36. The highest BCUT2D eigenvalue weighted by Crippen LogP contribution is 2.50. The second-order valence-electron chi connectivity index (χ2n) is 10.7. The fourth-order valence-electron chi connectivity index (χ4n) is 6.47. The van der Waals surface area contributed by atoms with Crippen molar-refractivity contribution in [3.05, 3.63) is 124 Å². The van der Waals surface area contributed by atoms with Gasteiger partial charge in [0, 0.05) is 29.2 Å². The minimum absolute atomic E-state index is 0.0590. The molecule has 0 fully saturated rings. The Morgan fingerprint density at radius 1 is 0.854 bits per heavy atom. The maximum Gasteiger partial charge on any atom is 0.161 e. The van der Waals surface area contributed by atoms with E-state index in [1.54, 1.807) is 26.4 Å². The van der Waals surface area contributed by atoms with Gasteiger partial charge in [-0.05, 0) is 95.3 Å². The summed E-state index contributed by atoms with van der Waals surface area (Å²) in [7, 11) is 3.34. The van der Waals surface area contributed by atoms with E-state index in [4.69, 9.17) is 14.2 Å². The van der Waals surface area contributed by atoms with Crippen LogP contribution in [0.15, 0.2) is 78.9 Å². The fraction of sp³-hybridized carbons (Fsp3) is 0.235. The summed E-state index contributed by atoms with van der Waals surface area (Å²) in [6.07, 6.45) is 1.65. The summed E-state index contributed by atoms with van der Waals surface area (Å²) >= 11 is 0. The standard InChI is InChI=1S/C34H30F2N2O3/c1-39-25-11-12-29-27(16-25)28-17-30-26-18-31(40-2)32(41-19-20-3-7-23(35)8-4-20)15-22(26)13-14-38(30)34(33(28)37-29)21-5-9-24(36)10-6-21/h3-12,15-16,18,30,34,37H,13-14,17,19H2,1-2H3. The number of benzene rings is 4. The van der Waals surface area contributed by atoms with Crippen LogP contribution in [0, 0.1) is 11.6 Å². The third kappa shape index (κ3) is 4.50. The summed E-state index contributed by atoms with van der Waals surface area (Å²) in [6.45, 7) is 1.15. The molecule has 2 aliphatic heterocycles. The molecule has 0 spiro atoms. The van der Waals surface area contributed by atoms with Crippen LogP contribution in [-0.2, 0) is 19.4 Å². The number of nitrogens with zero attached hydrogens (tertiary/aromatic N) is 1. The molecule has 5 nitrogen and oxygen atoms in total. The van der Waals surface area contributed by atoms with Crippen LogP contribution in [0.3, 0.4) is 0 Å². The molecule has 41 heavy (non-hydrogen) atoms. The van der Waals surface area contributed by atoms with Gasteiger partial charge in [-0.2, -0.15) is 0 Å². The summed E-state index contributed by atoms with van der Waals surface area (Å²) < 4.78 is 44.9. The third-order valence-electron chi connectivity index (χ3n) is 8.47. The highest BCUT2D eigenvalue weighted by Gasteiger charge is 2.41. The van der Waals surface area contributed by atoms with Crippen LogP contribution < -0.4 is 14.2 Å². The normalized spacial score (nSPS) is 18.0. The molecule has 4 aromatic carbocycles. The number of H-pyrrole nitrogens is 1. The van der Waals surface area contributed by atoms with Gasteiger partial charge in [0.05, 0.1) is 20.3 Å². The van der Waals surface area contributed by atoms with Gasteiger partial charge in [0.15, 0.2) is 11.5 Å². The van der Waals surface area contributed by atoms with E-state index in [1.807, 2.05) is 18.2 Å². The molecule has 3 heterocycles. The lowest BCUT2D eigenvalue weighted by atomic mass is 9.80. The van der Waals surface area contributed by atoms with E-state index >= 15 is 0 Å². The summed E-state index contributed by atoms with van der Waals surface area (Å²) in [5.41, 5.74) is 7.81. The van der Waals surface area contributed by atoms with E-state index in [9.17, 15) is 8.78 Å². The quantitative estimate of drug-likeness (QED) is 0.240. The first-order chi connectivity index (χ1) is 20.0. The van der Waals surface area contributed by atoms with Crippen molar-refractivity contribution in [3.8, 4) is 17.2 Å².